The van der Waals surface area contributed by atoms with Crippen LogP contribution in [0.2, 0.25) is 0 Å². The Bertz CT molecular complexity index is 2020. The monoisotopic (exact) mass is 675 g/mol. The second kappa shape index (κ2) is 16.6. The lowest BCUT2D eigenvalue weighted by Crippen LogP contribution is -2.31. The molecule has 0 saturated carbocycles. The summed E-state index contributed by atoms with van der Waals surface area (Å²) in [5, 5.41) is 3.28. The van der Waals surface area contributed by atoms with Gasteiger partial charge in [-0.3, -0.25) is 9.59 Å². The molecule has 1 unspecified atom stereocenters. The van der Waals surface area contributed by atoms with E-state index in [1.807, 2.05) is 84.9 Å². The summed E-state index contributed by atoms with van der Waals surface area (Å²) in [6, 6.07) is 36.2. The van der Waals surface area contributed by atoms with E-state index in [-0.39, 0.29) is 23.5 Å². The smallest absolute Gasteiger partial charge is 0.320 e. The number of hydrogen-bond donors (Lipinski definition) is 1. The number of aliphatic imine (C=N–C) groups is 2. The first kappa shape index (κ1) is 34.9. The molecular formula is C44H41N3O4. The number of rotatable bonds is 13. The fourth-order valence-electron chi connectivity index (χ4n) is 5.98. The average Bonchev–Trinajstić information content (AvgIpc) is 3.17. The Hall–Kier alpha value is -5.95. The van der Waals surface area contributed by atoms with Crippen LogP contribution in [0.3, 0.4) is 0 Å². The molecule has 1 N–H and O–H groups in total. The van der Waals surface area contributed by atoms with Gasteiger partial charge in [0.1, 0.15) is 23.9 Å². The Labute approximate surface area is 299 Å². The number of ketones is 1. The van der Waals surface area contributed by atoms with Crippen LogP contribution in [0.25, 0.3) is 22.3 Å². The highest BCUT2D eigenvalue weighted by molar-refractivity contribution is 6.16. The standard InChI is InChI=1S/C44H41N3O4/c1-30(2)12-6-5-11-27-51-44(50)39(29-48)37-25-26-38(40(49)28-37)43-46-41(35-21-17-33(18-22-35)31-13-7-3-8-14-31)45-42(47-43)36-23-19-34(20-24-36)32-15-9-4-10-16-32/h3-4,7-10,13-26,28-30,39H,5-6,11-12,27H2,1-2H3,(H,45,46,47). The molecule has 1 aliphatic carbocycles. The molecule has 0 radical (unpaired) electrons. The molecule has 1 aliphatic heterocycles. The number of aldehydes is 1. The Kier molecular flexibility index (Phi) is 11.4. The van der Waals surface area contributed by atoms with Crippen LogP contribution >= 0.6 is 0 Å². The van der Waals surface area contributed by atoms with E-state index in [0.717, 1.165) is 59.1 Å². The molecule has 6 rings (SSSR count). The molecule has 0 saturated heterocycles. The van der Waals surface area contributed by atoms with Gasteiger partial charge in [0.15, 0.2) is 11.6 Å². The normalized spacial score (nSPS) is 16.1. The number of hydrogen-bond acceptors (Lipinski definition) is 7. The number of benzene rings is 4. The van der Waals surface area contributed by atoms with E-state index in [9.17, 15) is 14.4 Å². The lowest BCUT2D eigenvalue weighted by atomic mass is 9.92. The first-order valence-corrected chi connectivity index (χ1v) is 17.5. The molecule has 51 heavy (non-hydrogen) atoms. The number of allylic oxidation sites excluding steroid dienone is 4. The largest absolute Gasteiger partial charge is 0.465 e. The van der Waals surface area contributed by atoms with Gasteiger partial charge >= 0.3 is 5.97 Å². The molecule has 4 aromatic carbocycles. The van der Waals surface area contributed by atoms with Crippen molar-refractivity contribution < 1.29 is 19.1 Å². The van der Waals surface area contributed by atoms with E-state index in [1.165, 1.54) is 6.08 Å². The first-order valence-electron chi connectivity index (χ1n) is 17.5. The lowest BCUT2D eigenvalue weighted by molar-refractivity contribution is -0.148. The minimum Gasteiger partial charge on any atom is -0.465 e. The number of amidine groups is 2. The molecule has 7 nitrogen and oxygen atoms in total. The summed E-state index contributed by atoms with van der Waals surface area (Å²) < 4.78 is 5.41. The molecule has 1 heterocycles. The Morgan fingerprint density at radius 1 is 0.706 bits per heavy atom. The number of esters is 1. The number of ether oxygens (including phenoxy) is 1. The van der Waals surface area contributed by atoms with Gasteiger partial charge in [0.2, 0.25) is 0 Å². The van der Waals surface area contributed by atoms with Crippen molar-refractivity contribution in [1.29, 1.82) is 0 Å². The summed E-state index contributed by atoms with van der Waals surface area (Å²) >= 11 is 0. The van der Waals surface area contributed by atoms with Crippen LogP contribution in [0.4, 0.5) is 0 Å². The van der Waals surface area contributed by atoms with Crippen molar-refractivity contribution in [3.63, 3.8) is 0 Å². The third-order valence-corrected chi connectivity index (χ3v) is 8.87. The molecule has 4 aromatic rings. The highest BCUT2D eigenvalue weighted by Crippen LogP contribution is 2.26. The highest BCUT2D eigenvalue weighted by atomic mass is 16.5. The average molecular weight is 676 g/mol. The molecule has 0 spiro atoms. The van der Waals surface area contributed by atoms with Crippen molar-refractivity contribution in [2.24, 2.45) is 21.8 Å². The summed E-state index contributed by atoms with van der Waals surface area (Å²) in [6.07, 6.45) is 8.91. The van der Waals surface area contributed by atoms with Gasteiger partial charge in [-0.15, -0.1) is 0 Å². The predicted octanol–water partition coefficient (Wildman–Crippen LogP) is 8.67. The molecule has 1 atom stereocenters. The van der Waals surface area contributed by atoms with Gasteiger partial charge in [-0.2, -0.15) is 0 Å². The summed E-state index contributed by atoms with van der Waals surface area (Å²) in [5.74, 6) is -0.299. The Balaban J connectivity index is 1.26. The quantitative estimate of drug-likeness (QED) is 0.0503. The summed E-state index contributed by atoms with van der Waals surface area (Å²) in [4.78, 5) is 48.2. The van der Waals surface area contributed by atoms with Gasteiger partial charge in [-0.25, -0.2) is 9.98 Å². The van der Waals surface area contributed by atoms with Crippen LogP contribution in [-0.2, 0) is 19.1 Å². The minimum atomic E-state index is -1.19. The zero-order chi connectivity index (χ0) is 35.6. The van der Waals surface area contributed by atoms with Crippen LogP contribution in [-0.4, -0.2) is 36.3 Å². The van der Waals surface area contributed by atoms with Gasteiger partial charge in [0, 0.05) is 11.1 Å². The predicted molar refractivity (Wildman–Crippen MR) is 203 cm³/mol. The van der Waals surface area contributed by atoms with Gasteiger partial charge < -0.3 is 14.8 Å². The number of carbonyl (C=O) groups is 3. The molecule has 256 valence electrons. The number of nitrogens with one attached hydrogen (secondary N) is 1. The summed E-state index contributed by atoms with van der Waals surface area (Å²) in [6.45, 7) is 4.60. The van der Waals surface area contributed by atoms with E-state index in [1.54, 1.807) is 12.2 Å². The van der Waals surface area contributed by atoms with Gasteiger partial charge in [0.25, 0.3) is 0 Å². The number of unbranched alkanes of at least 4 members (excludes halogenated alkanes) is 2. The highest BCUT2D eigenvalue weighted by Gasteiger charge is 2.28. The third-order valence-electron chi connectivity index (χ3n) is 8.87. The van der Waals surface area contributed by atoms with Gasteiger partial charge in [0.05, 0.1) is 12.2 Å². The van der Waals surface area contributed by atoms with Crippen LogP contribution in [0.1, 0.15) is 50.7 Å². The maximum absolute atomic E-state index is 13.6. The zero-order valence-electron chi connectivity index (χ0n) is 28.9. The maximum Gasteiger partial charge on any atom is 0.320 e. The first-order chi connectivity index (χ1) is 24.9. The van der Waals surface area contributed by atoms with Crippen LogP contribution in [0.15, 0.2) is 154 Å². The molecule has 7 heteroatoms. The fraction of sp³-hybridized carbons (Fsp3) is 0.205. The SMILES string of the molecule is CC(C)CCCCCOC(=O)C(C=O)C1=CC(=O)C(=C2N=C(c3ccc(-c4ccccc4)cc3)N=C(c3ccc(-c4ccccc4)cc3)N2)C=C1. The fourth-order valence-corrected chi connectivity index (χ4v) is 5.98. The van der Waals surface area contributed by atoms with E-state index < -0.39 is 11.9 Å². The Morgan fingerprint density at radius 2 is 1.27 bits per heavy atom. The molecular weight excluding hydrogens is 635 g/mol. The van der Waals surface area contributed by atoms with Crippen molar-refractivity contribution in [3.8, 4) is 22.3 Å². The van der Waals surface area contributed by atoms with Gasteiger partial charge in [-0.1, -0.05) is 148 Å². The molecule has 2 aliphatic rings. The van der Waals surface area contributed by atoms with Crippen molar-refractivity contribution in [2.45, 2.75) is 39.5 Å². The van der Waals surface area contributed by atoms with Crippen molar-refractivity contribution >= 4 is 29.7 Å². The third kappa shape index (κ3) is 8.81. The molecule has 0 bridgehead atoms. The maximum atomic E-state index is 13.6. The molecule has 0 amide bonds. The Morgan fingerprint density at radius 3 is 1.84 bits per heavy atom. The number of nitrogens with zero attached hydrogens (tertiary/aromatic N) is 2. The van der Waals surface area contributed by atoms with E-state index in [2.05, 4.69) is 43.4 Å². The summed E-state index contributed by atoms with van der Waals surface area (Å²) in [7, 11) is 0. The van der Waals surface area contributed by atoms with Gasteiger partial charge in [-0.05, 0) is 52.3 Å². The van der Waals surface area contributed by atoms with Crippen molar-refractivity contribution in [2.75, 3.05) is 6.61 Å². The molecule has 0 aromatic heterocycles. The molecule has 0 fully saturated rings. The second-order valence-corrected chi connectivity index (χ2v) is 13.0. The lowest BCUT2D eigenvalue weighted by Gasteiger charge is -2.21. The van der Waals surface area contributed by atoms with Crippen LogP contribution in [0.5, 0.6) is 0 Å². The van der Waals surface area contributed by atoms with Crippen molar-refractivity contribution in [1.82, 2.24) is 5.32 Å². The topological polar surface area (TPSA) is 97.2 Å². The number of carbonyl (C=O) groups excluding carboxylic acids is 3. The van der Waals surface area contributed by atoms with E-state index in [0.29, 0.717) is 29.7 Å². The zero-order valence-corrected chi connectivity index (χ0v) is 28.9. The van der Waals surface area contributed by atoms with Crippen LogP contribution < -0.4 is 5.32 Å². The minimum absolute atomic E-state index is 0.240. The second-order valence-electron chi connectivity index (χ2n) is 13.0. The van der Waals surface area contributed by atoms with E-state index in [4.69, 9.17) is 14.7 Å². The van der Waals surface area contributed by atoms with E-state index >= 15 is 0 Å². The van der Waals surface area contributed by atoms with Crippen molar-refractivity contribution in [3.05, 3.63) is 156 Å². The van der Waals surface area contributed by atoms with Crippen LogP contribution in [0, 0.1) is 11.8 Å². The summed E-state index contributed by atoms with van der Waals surface area (Å²) in [5.41, 5.74) is 6.50.